The number of hydrogen-bond acceptors (Lipinski definition) is 1. The smallest absolute Gasteiger partial charge is 0.0316 e. The number of nitrogen functional groups attached to an aromatic ring is 1. The summed E-state index contributed by atoms with van der Waals surface area (Å²) in [5, 5.41) is 0. The molecular weight excluding hydrogens is 182 g/mol. The fraction of sp³-hybridized carbons (Fsp3) is 0.455. The van der Waals surface area contributed by atoms with Crippen molar-refractivity contribution in [1.82, 2.24) is 0 Å². The second-order valence-electron chi connectivity index (χ2n) is 4.30. The van der Waals surface area contributed by atoms with Gasteiger partial charge in [0.15, 0.2) is 0 Å². The highest BCUT2D eigenvalue weighted by Crippen LogP contribution is 2.38. The molecule has 0 spiro atoms. The highest BCUT2D eigenvalue weighted by atomic mass is 35.5. The molecule has 0 radical (unpaired) electrons. The van der Waals surface area contributed by atoms with Crippen molar-refractivity contribution in [3.8, 4) is 0 Å². The Kier molecular flexibility index (Phi) is 2.58. The average Bonchev–Trinajstić information content (AvgIpc) is 2.27. The van der Waals surface area contributed by atoms with Crippen LogP contribution in [0.15, 0.2) is 18.2 Å². The summed E-state index contributed by atoms with van der Waals surface area (Å²) in [5.41, 5.74) is 9.91. The van der Waals surface area contributed by atoms with Crippen molar-refractivity contribution in [3.05, 3.63) is 29.3 Å². The number of halogens is 1. The van der Waals surface area contributed by atoms with E-state index in [0.29, 0.717) is 5.41 Å². The number of nitrogens with two attached hydrogens (primary N) is 1. The van der Waals surface area contributed by atoms with E-state index in [1.165, 1.54) is 24.0 Å². The van der Waals surface area contributed by atoms with E-state index in [1.807, 2.05) is 6.07 Å². The van der Waals surface area contributed by atoms with Gasteiger partial charge < -0.3 is 5.73 Å². The number of benzene rings is 1. The summed E-state index contributed by atoms with van der Waals surface area (Å²) in [6, 6.07) is 6.30. The second-order valence-corrected chi connectivity index (χ2v) is 4.30. The highest BCUT2D eigenvalue weighted by Gasteiger charge is 2.29. The maximum atomic E-state index is 5.72. The summed E-state index contributed by atoms with van der Waals surface area (Å²) in [6.45, 7) is 4.60. The average molecular weight is 198 g/mol. The highest BCUT2D eigenvalue weighted by molar-refractivity contribution is 5.85. The van der Waals surface area contributed by atoms with Gasteiger partial charge in [-0.05, 0) is 41.5 Å². The molecule has 0 amide bonds. The van der Waals surface area contributed by atoms with Crippen LogP contribution in [0.5, 0.6) is 0 Å². The fourth-order valence-electron chi connectivity index (χ4n) is 2.06. The van der Waals surface area contributed by atoms with Gasteiger partial charge in [0.25, 0.3) is 0 Å². The van der Waals surface area contributed by atoms with Gasteiger partial charge in [-0.3, -0.25) is 0 Å². The summed E-state index contributed by atoms with van der Waals surface area (Å²) in [5.74, 6) is 0. The van der Waals surface area contributed by atoms with Gasteiger partial charge in [-0.1, -0.05) is 19.9 Å². The van der Waals surface area contributed by atoms with Crippen LogP contribution in [0.4, 0.5) is 5.69 Å². The largest absolute Gasteiger partial charge is 0.399 e. The summed E-state index contributed by atoms with van der Waals surface area (Å²) < 4.78 is 0. The lowest BCUT2D eigenvalue weighted by atomic mass is 9.87. The maximum Gasteiger partial charge on any atom is 0.0316 e. The first-order valence-corrected chi connectivity index (χ1v) is 4.48. The first kappa shape index (κ1) is 10.4. The van der Waals surface area contributed by atoms with E-state index in [4.69, 9.17) is 5.73 Å². The quantitative estimate of drug-likeness (QED) is 0.636. The number of aryl methyl sites for hydroxylation is 1. The number of anilines is 1. The zero-order chi connectivity index (χ0) is 8.77. The van der Waals surface area contributed by atoms with Crippen LogP contribution in [0.2, 0.25) is 0 Å². The van der Waals surface area contributed by atoms with Crippen molar-refractivity contribution >= 4 is 18.1 Å². The SMILES string of the molecule is CC1(C)CCc2cc(N)ccc21.Cl. The lowest BCUT2D eigenvalue weighted by molar-refractivity contribution is 0.522. The van der Waals surface area contributed by atoms with Crippen LogP contribution < -0.4 is 5.73 Å². The second kappa shape index (κ2) is 3.22. The van der Waals surface area contributed by atoms with Crippen LogP contribution in [-0.4, -0.2) is 0 Å². The Labute approximate surface area is 85.7 Å². The molecule has 0 unspecified atom stereocenters. The molecule has 2 N–H and O–H groups in total. The van der Waals surface area contributed by atoms with Gasteiger partial charge in [-0.15, -0.1) is 12.4 Å². The molecule has 13 heavy (non-hydrogen) atoms. The molecule has 1 nitrogen and oxygen atoms in total. The third kappa shape index (κ3) is 1.66. The van der Waals surface area contributed by atoms with Gasteiger partial charge in [0.05, 0.1) is 0 Å². The van der Waals surface area contributed by atoms with Crippen molar-refractivity contribution in [2.24, 2.45) is 0 Å². The Hall–Kier alpha value is -0.690. The molecule has 0 aliphatic heterocycles. The van der Waals surface area contributed by atoms with Crippen LogP contribution in [0.3, 0.4) is 0 Å². The molecule has 2 rings (SSSR count). The van der Waals surface area contributed by atoms with Gasteiger partial charge in [0.2, 0.25) is 0 Å². The minimum Gasteiger partial charge on any atom is -0.399 e. The first-order valence-electron chi connectivity index (χ1n) is 4.48. The van der Waals surface area contributed by atoms with Crippen LogP contribution in [-0.2, 0) is 11.8 Å². The summed E-state index contributed by atoms with van der Waals surface area (Å²) in [7, 11) is 0. The molecule has 0 aromatic heterocycles. The molecule has 0 saturated heterocycles. The third-order valence-electron chi connectivity index (χ3n) is 2.88. The zero-order valence-corrected chi connectivity index (χ0v) is 8.95. The Morgan fingerprint density at radius 2 is 2.00 bits per heavy atom. The number of fused-ring (bicyclic) bond motifs is 1. The lowest BCUT2D eigenvalue weighted by Crippen LogP contribution is -2.11. The maximum absolute atomic E-state index is 5.72. The van der Waals surface area contributed by atoms with E-state index in [9.17, 15) is 0 Å². The van der Waals surface area contributed by atoms with Crippen molar-refractivity contribution in [2.45, 2.75) is 32.1 Å². The van der Waals surface area contributed by atoms with Crippen LogP contribution >= 0.6 is 12.4 Å². The van der Waals surface area contributed by atoms with E-state index < -0.39 is 0 Å². The van der Waals surface area contributed by atoms with Gasteiger partial charge in [0, 0.05) is 5.69 Å². The number of rotatable bonds is 0. The molecule has 0 heterocycles. The molecule has 2 heteroatoms. The summed E-state index contributed by atoms with van der Waals surface area (Å²) in [6.07, 6.45) is 2.44. The van der Waals surface area contributed by atoms with Gasteiger partial charge in [-0.25, -0.2) is 0 Å². The standard InChI is InChI=1S/C11H15N.ClH/c1-11(2)6-5-8-7-9(12)3-4-10(8)11;/h3-4,7H,5-6,12H2,1-2H3;1H. The van der Waals surface area contributed by atoms with Crippen molar-refractivity contribution in [3.63, 3.8) is 0 Å². The van der Waals surface area contributed by atoms with Crippen molar-refractivity contribution in [1.29, 1.82) is 0 Å². The zero-order valence-electron chi connectivity index (χ0n) is 8.13. The number of hydrogen-bond donors (Lipinski definition) is 1. The molecule has 1 aromatic rings. The molecule has 1 aromatic carbocycles. The molecule has 1 aliphatic carbocycles. The van der Waals surface area contributed by atoms with E-state index >= 15 is 0 Å². The Balaban J connectivity index is 0.000000845. The lowest BCUT2D eigenvalue weighted by Gasteiger charge is -2.18. The monoisotopic (exact) mass is 197 g/mol. The van der Waals surface area contributed by atoms with Crippen LogP contribution in [0, 0.1) is 0 Å². The summed E-state index contributed by atoms with van der Waals surface area (Å²) >= 11 is 0. The van der Waals surface area contributed by atoms with Crippen molar-refractivity contribution < 1.29 is 0 Å². The van der Waals surface area contributed by atoms with Gasteiger partial charge in [-0.2, -0.15) is 0 Å². The normalized spacial score (nSPS) is 17.7. The van der Waals surface area contributed by atoms with E-state index in [1.54, 1.807) is 0 Å². The Bertz CT molecular complexity index is 318. The molecular formula is C11H16ClN. The molecule has 0 fully saturated rings. The Morgan fingerprint density at radius 3 is 2.69 bits per heavy atom. The van der Waals surface area contributed by atoms with Crippen LogP contribution in [0.25, 0.3) is 0 Å². The Morgan fingerprint density at radius 1 is 1.31 bits per heavy atom. The minimum absolute atomic E-state index is 0. The molecule has 0 saturated carbocycles. The topological polar surface area (TPSA) is 26.0 Å². The van der Waals surface area contributed by atoms with Gasteiger partial charge >= 0.3 is 0 Å². The molecule has 1 aliphatic rings. The third-order valence-corrected chi connectivity index (χ3v) is 2.88. The fourth-order valence-corrected chi connectivity index (χ4v) is 2.06. The molecule has 0 bridgehead atoms. The predicted molar refractivity (Wildman–Crippen MR) is 59.4 cm³/mol. The van der Waals surface area contributed by atoms with Gasteiger partial charge in [0.1, 0.15) is 0 Å². The van der Waals surface area contributed by atoms with E-state index in [0.717, 1.165) is 5.69 Å². The van der Waals surface area contributed by atoms with E-state index in [2.05, 4.69) is 26.0 Å². The van der Waals surface area contributed by atoms with E-state index in [-0.39, 0.29) is 12.4 Å². The molecule has 72 valence electrons. The summed E-state index contributed by atoms with van der Waals surface area (Å²) in [4.78, 5) is 0. The minimum atomic E-state index is 0. The first-order chi connectivity index (χ1) is 5.59. The predicted octanol–water partition coefficient (Wildman–Crippen LogP) is 2.91. The van der Waals surface area contributed by atoms with Crippen molar-refractivity contribution in [2.75, 3.05) is 5.73 Å². The molecule has 0 atom stereocenters. The van der Waals surface area contributed by atoms with Crippen LogP contribution in [0.1, 0.15) is 31.4 Å².